The molecule has 3 aliphatic rings. The summed E-state index contributed by atoms with van der Waals surface area (Å²) < 4.78 is 2.07. The smallest absolute Gasteiger partial charge is 0.226 e. The lowest BCUT2D eigenvalue weighted by molar-refractivity contribution is -0.129. The van der Waals surface area contributed by atoms with Gasteiger partial charge in [-0.1, -0.05) is 43.5 Å². The molecule has 246 valence electrons. The molecule has 3 amide bonds. The van der Waals surface area contributed by atoms with E-state index in [1.165, 1.54) is 13.3 Å². The van der Waals surface area contributed by atoms with Crippen LogP contribution >= 0.6 is 0 Å². The lowest BCUT2D eigenvalue weighted by atomic mass is 9.90. The molecule has 2 saturated carbocycles. The van der Waals surface area contributed by atoms with E-state index in [0.29, 0.717) is 38.2 Å². The second kappa shape index (κ2) is 14.5. The van der Waals surface area contributed by atoms with Gasteiger partial charge in [-0.3, -0.25) is 19.3 Å². The number of hydrogen-bond acceptors (Lipinski definition) is 6. The van der Waals surface area contributed by atoms with Gasteiger partial charge in [0.05, 0.1) is 29.3 Å². The Labute approximate surface area is 276 Å². The number of benzene rings is 2. The van der Waals surface area contributed by atoms with Crippen LogP contribution in [0.3, 0.4) is 0 Å². The minimum absolute atomic E-state index is 0.00778. The van der Waals surface area contributed by atoms with Crippen LogP contribution in [0.15, 0.2) is 61.1 Å². The van der Waals surface area contributed by atoms with Crippen molar-refractivity contribution in [2.75, 3.05) is 25.0 Å². The minimum atomic E-state index is -0.483. The quantitative estimate of drug-likeness (QED) is 0.286. The number of rotatable bonds is 11. The van der Waals surface area contributed by atoms with E-state index in [0.717, 1.165) is 67.6 Å². The van der Waals surface area contributed by atoms with E-state index in [9.17, 15) is 14.4 Å². The Morgan fingerprint density at radius 1 is 1.00 bits per heavy atom. The van der Waals surface area contributed by atoms with Crippen LogP contribution in [0.25, 0.3) is 0 Å². The zero-order valence-electron chi connectivity index (χ0n) is 27.2. The molecule has 1 aromatic heterocycles. The standard InChI is InChI=1S/C37H45N7O3/c1-26(45)41-31-13-11-28(12-14-31)22-43-18-16-37(36(47)42-30-5-3-2-4-6-30)19-34(37)33(24-43)35(46)40-17-15-32-21-39-25-44(32)23-29-9-7-27(20-38)8-10-29/h7-14,21,25,30,33-34H,2-6,15-19,22-24H2,1H3,(H,40,46)(H,41,45)(H,42,47)/t33-,34?,37?/m0/s1. The van der Waals surface area contributed by atoms with E-state index in [-0.39, 0.29) is 35.6 Å². The zero-order valence-corrected chi connectivity index (χ0v) is 27.2. The normalized spacial score (nSPS) is 22.7. The largest absolute Gasteiger partial charge is 0.355 e. The summed E-state index contributed by atoms with van der Waals surface area (Å²) in [5.41, 5.74) is 4.10. The summed E-state index contributed by atoms with van der Waals surface area (Å²) in [6.45, 7) is 4.63. The van der Waals surface area contributed by atoms with Crippen molar-refractivity contribution in [1.29, 1.82) is 5.26 Å². The third kappa shape index (κ3) is 7.91. The van der Waals surface area contributed by atoms with Crippen LogP contribution in [0.5, 0.6) is 0 Å². The highest BCUT2D eigenvalue weighted by Gasteiger charge is 2.64. The highest BCUT2D eigenvalue weighted by Crippen LogP contribution is 2.61. The van der Waals surface area contributed by atoms with Gasteiger partial charge in [0.15, 0.2) is 0 Å². The zero-order chi connectivity index (χ0) is 32.8. The molecule has 3 atom stereocenters. The van der Waals surface area contributed by atoms with E-state index < -0.39 is 5.41 Å². The molecule has 3 aromatic rings. The lowest BCUT2D eigenvalue weighted by Crippen LogP contribution is -2.43. The average Bonchev–Trinajstić information content (AvgIpc) is 3.69. The van der Waals surface area contributed by atoms with Crippen LogP contribution in [0.1, 0.15) is 74.3 Å². The molecule has 1 aliphatic heterocycles. The molecule has 0 bridgehead atoms. The number of anilines is 1. The molecule has 1 saturated heterocycles. The first-order chi connectivity index (χ1) is 22.8. The number of carbonyl (C=O) groups is 3. The summed E-state index contributed by atoms with van der Waals surface area (Å²) in [6.07, 6.45) is 11.4. The van der Waals surface area contributed by atoms with Crippen molar-refractivity contribution in [3.05, 3.63) is 83.4 Å². The van der Waals surface area contributed by atoms with Crippen LogP contribution in [0.4, 0.5) is 5.69 Å². The van der Waals surface area contributed by atoms with Gasteiger partial charge in [0.25, 0.3) is 0 Å². The van der Waals surface area contributed by atoms with Crippen molar-refractivity contribution < 1.29 is 14.4 Å². The highest BCUT2D eigenvalue weighted by molar-refractivity contribution is 5.89. The Hall–Kier alpha value is -4.49. The van der Waals surface area contributed by atoms with Crippen molar-refractivity contribution in [3.8, 4) is 6.07 Å². The van der Waals surface area contributed by atoms with Gasteiger partial charge in [0.2, 0.25) is 17.7 Å². The first-order valence-corrected chi connectivity index (χ1v) is 17.0. The maximum atomic E-state index is 13.9. The topological polar surface area (TPSA) is 132 Å². The van der Waals surface area contributed by atoms with Crippen molar-refractivity contribution in [1.82, 2.24) is 25.1 Å². The van der Waals surface area contributed by atoms with Crippen molar-refractivity contribution >= 4 is 23.4 Å². The van der Waals surface area contributed by atoms with Crippen molar-refractivity contribution in [2.24, 2.45) is 17.3 Å². The molecule has 2 aromatic carbocycles. The molecular formula is C37H45N7O3. The second-order valence-electron chi connectivity index (χ2n) is 13.6. The number of amides is 3. The van der Waals surface area contributed by atoms with Gasteiger partial charge in [-0.15, -0.1) is 0 Å². The summed E-state index contributed by atoms with van der Waals surface area (Å²) >= 11 is 0. The van der Waals surface area contributed by atoms with Crippen LogP contribution < -0.4 is 16.0 Å². The number of nitriles is 1. The van der Waals surface area contributed by atoms with E-state index in [1.807, 2.05) is 54.7 Å². The fourth-order valence-corrected chi connectivity index (χ4v) is 7.54. The number of nitrogens with zero attached hydrogens (tertiary/aromatic N) is 4. The number of carbonyl (C=O) groups excluding carboxylic acids is 3. The average molecular weight is 636 g/mol. The Balaban J connectivity index is 1.11. The first-order valence-electron chi connectivity index (χ1n) is 17.0. The molecule has 2 unspecified atom stereocenters. The number of aromatic nitrogens is 2. The van der Waals surface area contributed by atoms with E-state index in [4.69, 9.17) is 5.26 Å². The highest BCUT2D eigenvalue weighted by atomic mass is 16.2. The Morgan fingerprint density at radius 2 is 1.72 bits per heavy atom. The first kappa shape index (κ1) is 32.5. The summed E-state index contributed by atoms with van der Waals surface area (Å²) in [5, 5.41) is 18.5. The predicted octanol–water partition coefficient (Wildman–Crippen LogP) is 4.40. The molecule has 6 rings (SSSR count). The van der Waals surface area contributed by atoms with Crippen LogP contribution in [-0.4, -0.2) is 57.8 Å². The summed E-state index contributed by atoms with van der Waals surface area (Å²) in [4.78, 5) is 45.8. The maximum absolute atomic E-state index is 13.9. The van der Waals surface area contributed by atoms with Gasteiger partial charge in [0.1, 0.15) is 0 Å². The number of hydrogen-bond donors (Lipinski definition) is 3. The maximum Gasteiger partial charge on any atom is 0.226 e. The molecule has 47 heavy (non-hydrogen) atoms. The van der Waals surface area contributed by atoms with E-state index in [1.54, 1.807) is 6.33 Å². The third-order valence-corrected chi connectivity index (χ3v) is 10.3. The predicted molar refractivity (Wildman–Crippen MR) is 179 cm³/mol. The van der Waals surface area contributed by atoms with Crippen molar-refractivity contribution in [2.45, 2.75) is 77.4 Å². The van der Waals surface area contributed by atoms with Crippen molar-refractivity contribution in [3.63, 3.8) is 0 Å². The van der Waals surface area contributed by atoms with Gasteiger partial charge in [-0.2, -0.15) is 5.26 Å². The number of fused-ring (bicyclic) bond motifs is 1. The molecule has 0 radical (unpaired) electrons. The molecule has 2 aliphatic carbocycles. The fourth-order valence-electron chi connectivity index (χ4n) is 7.54. The SMILES string of the molecule is CC(=O)Nc1ccc(CN2CCC3(C(=O)NC4CCCCC4)CC3[C@@H](C(=O)NCCc3cncn3Cc3ccc(C#N)cc3)C2)cc1. The summed E-state index contributed by atoms with van der Waals surface area (Å²) in [7, 11) is 0. The molecular weight excluding hydrogens is 590 g/mol. The second-order valence-corrected chi connectivity index (χ2v) is 13.6. The minimum Gasteiger partial charge on any atom is -0.355 e. The Morgan fingerprint density at radius 3 is 2.45 bits per heavy atom. The van der Waals surface area contributed by atoms with Gasteiger partial charge in [-0.05, 0) is 73.5 Å². The molecule has 10 heteroatoms. The van der Waals surface area contributed by atoms with Gasteiger partial charge >= 0.3 is 0 Å². The Kier molecular flexibility index (Phi) is 10.0. The molecule has 0 spiro atoms. The Bertz CT molecular complexity index is 1600. The summed E-state index contributed by atoms with van der Waals surface area (Å²) in [5.74, 6) is -0.211. The molecule has 2 heterocycles. The lowest BCUT2D eigenvalue weighted by Gasteiger charge is -2.26. The molecule has 10 nitrogen and oxygen atoms in total. The fraction of sp³-hybridized carbons (Fsp3) is 0.486. The number of likely N-dealkylation sites (tertiary alicyclic amines) is 1. The third-order valence-electron chi connectivity index (χ3n) is 10.3. The van der Waals surface area contributed by atoms with Crippen LogP contribution in [0.2, 0.25) is 0 Å². The van der Waals surface area contributed by atoms with Gasteiger partial charge < -0.3 is 20.5 Å². The number of nitrogens with one attached hydrogen (secondary N) is 3. The van der Waals surface area contributed by atoms with E-state index in [2.05, 4.69) is 36.5 Å². The molecule has 3 N–H and O–H groups in total. The summed E-state index contributed by atoms with van der Waals surface area (Å²) in [6, 6.07) is 17.8. The molecule has 3 fully saturated rings. The van der Waals surface area contributed by atoms with Crippen LogP contribution in [0, 0.1) is 28.6 Å². The van der Waals surface area contributed by atoms with Gasteiger partial charge in [-0.25, -0.2) is 4.98 Å². The monoisotopic (exact) mass is 635 g/mol. The van der Waals surface area contributed by atoms with Gasteiger partial charge in [0, 0.05) is 63.1 Å². The van der Waals surface area contributed by atoms with Crippen LogP contribution in [-0.2, 0) is 33.9 Å². The number of imidazole rings is 1. The van der Waals surface area contributed by atoms with E-state index >= 15 is 0 Å².